The zero-order chi connectivity index (χ0) is 36.4. The van der Waals surface area contributed by atoms with Crippen molar-refractivity contribution in [3.63, 3.8) is 0 Å². The number of aromatic nitrogens is 5. The lowest BCUT2D eigenvalue weighted by molar-refractivity contribution is -0.136. The molecule has 3 aromatic heterocycles. The minimum Gasteiger partial charge on any atom is -0.494 e. The van der Waals surface area contributed by atoms with Crippen LogP contribution in [-0.2, 0) is 16.1 Å². The second-order valence-electron chi connectivity index (χ2n) is 14.4. The fourth-order valence-corrected chi connectivity index (χ4v) is 8.12. The number of amides is 4. The van der Waals surface area contributed by atoms with Crippen molar-refractivity contribution in [2.45, 2.75) is 50.0 Å². The molecule has 5 aromatic rings. The fraction of sp³-hybridized carbons (Fsp3) is 0.378. The molecule has 272 valence electrons. The number of nitrogens with one attached hydrogen (secondary N) is 2. The topological polar surface area (TPSA) is 159 Å². The Morgan fingerprint density at radius 3 is 2.74 bits per heavy atom. The van der Waals surface area contributed by atoms with E-state index < -0.39 is 17.6 Å². The number of anilines is 2. The third-order valence-electron chi connectivity index (χ3n) is 10.9. The molecule has 3 fully saturated rings. The van der Waals surface area contributed by atoms with Crippen LogP contribution in [0.4, 0.5) is 15.8 Å². The maximum atomic E-state index is 16.0. The first-order chi connectivity index (χ1) is 25.6. The SMILES string of the molecule is COc1cc2nn(C3CCN(CC4(F)CN(c5ccc6c(c5)CN(C5CCC(=O)NC5=O)C6=O)C4)CC3)cc2cc1NC(=O)c1cnn2cccnc12. The molecule has 3 saturated heterocycles. The van der Waals surface area contributed by atoms with E-state index in [-0.39, 0.29) is 49.8 Å². The van der Waals surface area contributed by atoms with Crippen LogP contribution in [0.2, 0.25) is 0 Å². The monoisotopic (exact) mass is 720 g/mol. The summed E-state index contributed by atoms with van der Waals surface area (Å²) >= 11 is 0. The summed E-state index contributed by atoms with van der Waals surface area (Å²) in [5.74, 6) is -0.839. The van der Waals surface area contributed by atoms with E-state index in [1.165, 1.54) is 11.1 Å². The number of likely N-dealkylation sites (tertiary alicyclic amines) is 1. The van der Waals surface area contributed by atoms with Gasteiger partial charge in [0.1, 0.15) is 17.4 Å². The van der Waals surface area contributed by atoms with Crippen molar-refractivity contribution in [1.29, 1.82) is 0 Å². The molecular formula is C37H37FN10O5. The van der Waals surface area contributed by atoms with Crippen LogP contribution in [0.25, 0.3) is 16.6 Å². The largest absolute Gasteiger partial charge is 0.494 e. The molecule has 0 saturated carbocycles. The van der Waals surface area contributed by atoms with E-state index >= 15 is 4.39 Å². The van der Waals surface area contributed by atoms with Crippen molar-refractivity contribution in [2.24, 2.45) is 0 Å². The van der Waals surface area contributed by atoms with Crippen molar-refractivity contribution in [2.75, 3.05) is 50.1 Å². The summed E-state index contributed by atoms with van der Waals surface area (Å²) in [7, 11) is 1.55. The molecule has 0 radical (unpaired) electrons. The van der Waals surface area contributed by atoms with E-state index in [0.717, 1.165) is 48.1 Å². The molecule has 0 aliphatic carbocycles. The van der Waals surface area contributed by atoms with Crippen molar-refractivity contribution in [3.05, 3.63) is 77.9 Å². The van der Waals surface area contributed by atoms with Crippen LogP contribution in [0.15, 0.2) is 61.2 Å². The molecule has 2 aromatic carbocycles. The highest BCUT2D eigenvalue weighted by Crippen LogP contribution is 2.37. The maximum absolute atomic E-state index is 16.0. The van der Waals surface area contributed by atoms with Gasteiger partial charge in [-0.25, -0.2) is 13.9 Å². The molecule has 0 bridgehead atoms. The van der Waals surface area contributed by atoms with Gasteiger partial charge < -0.3 is 19.9 Å². The smallest absolute Gasteiger partial charge is 0.261 e. The standard InChI is InChI=1S/C37H37FN10O5/c1-53-31-15-28-23(14-29(31)41-34(50)27-16-40-47-10-2-9-39-33(27)47)18-48(43-28)24-7-11-44(12-8-24)19-37(38)20-45(21-37)25-3-4-26-22(13-25)17-46(36(26)52)30-5-6-32(49)42-35(30)51/h2-4,9-10,13-16,18,24,30H,5-8,11-12,17,19-21H2,1H3,(H,41,50)(H,42,49,51). The van der Waals surface area contributed by atoms with Crippen LogP contribution in [0.3, 0.4) is 0 Å². The second-order valence-corrected chi connectivity index (χ2v) is 14.4. The summed E-state index contributed by atoms with van der Waals surface area (Å²) in [5, 5.41) is 15.2. The molecule has 0 spiro atoms. The van der Waals surface area contributed by atoms with Crippen molar-refractivity contribution >= 4 is 51.6 Å². The molecule has 4 amide bonds. The van der Waals surface area contributed by atoms with Crippen molar-refractivity contribution in [3.8, 4) is 5.75 Å². The molecule has 1 unspecified atom stereocenters. The fourth-order valence-electron chi connectivity index (χ4n) is 8.12. The Morgan fingerprint density at radius 2 is 1.94 bits per heavy atom. The summed E-state index contributed by atoms with van der Waals surface area (Å²) in [5.41, 5.74) is 2.92. The lowest BCUT2D eigenvalue weighted by atomic mass is 9.92. The number of carbonyl (C=O) groups excluding carboxylic acids is 4. The molecule has 7 heterocycles. The summed E-state index contributed by atoms with van der Waals surface area (Å²) < 4.78 is 25.1. The van der Waals surface area contributed by atoms with E-state index in [1.54, 1.807) is 36.2 Å². The number of alkyl halides is 1. The van der Waals surface area contributed by atoms with Gasteiger partial charge in [0.2, 0.25) is 11.8 Å². The van der Waals surface area contributed by atoms with Crippen molar-refractivity contribution in [1.82, 2.24) is 39.5 Å². The average molecular weight is 721 g/mol. The highest BCUT2D eigenvalue weighted by molar-refractivity contribution is 6.09. The first-order valence-corrected chi connectivity index (χ1v) is 17.8. The van der Waals surface area contributed by atoms with Gasteiger partial charge in [0, 0.05) is 73.9 Å². The van der Waals surface area contributed by atoms with Crippen molar-refractivity contribution < 1.29 is 28.3 Å². The Hall–Kier alpha value is -5.90. The third-order valence-corrected chi connectivity index (χ3v) is 10.9. The maximum Gasteiger partial charge on any atom is 0.261 e. The number of fused-ring (bicyclic) bond motifs is 3. The van der Waals surface area contributed by atoms with E-state index in [4.69, 9.17) is 9.84 Å². The third kappa shape index (κ3) is 5.92. The Kier molecular flexibility index (Phi) is 7.87. The number of nitrogens with zero attached hydrogens (tertiary/aromatic N) is 8. The van der Waals surface area contributed by atoms with E-state index in [1.807, 2.05) is 40.0 Å². The van der Waals surface area contributed by atoms with Gasteiger partial charge in [0.25, 0.3) is 11.8 Å². The molecule has 53 heavy (non-hydrogen) atoms. The number of piperidine rings is 2. The molecule has 2 N–H and O–H groups in total. The van der Waals surface area contributed by atoms with Gasteiger partial charge >= 0.3 is 0 Å². The number of methoxy groups -OCH3 is 1. The van der Waals surface area contributed by atoms with Crippen LogP contribution in [0.5, 0.6) is 5.75 Å². The van der Waals surface area contributed by atoms with Gasteiger partial charge in [-0.05, 0) is 55.2 Å². The van der Waals surface area contributed by atoms with Gasteiger partial charge in [-0.15, -0.1) is 0 Å². The minimum atomic E-state index is -1.35. The van der Waals surface area contributed by atoms with Gasteiger partial charge in [-0.1, -0.05) is 0 Å². The molecule has 4 aliphatic heterocycles. The van der Waals surface area contributed by atoms with Crippen LogP contribution >= 0.6 is 0 Å². The van der Waals surface area contributed by atoms with E-state index in [9.17, 15) is 19.2 Å². The minimum absolute atomic E-state index is 0.148. The molecule has 9 rings (SSSR count). The molecule has 4 aliphatic rings. The van der Waals surface area contributed by atoms with E-state index in [0.29, 0.717) is 41.2 Å². The lowest BCUT2D eigenvalue weighted by Crippen LogP contribution is -2.64. The average Bonchev–Trinajstić information content (AvgIpc) is 3.85. The second kappa shape index (κ2) is 12.6. The molecule has 15 nitrogen and oxygen atoms in total. The number of imide groups is 1. The number of halogens is 1. The Bertz CT molecular complexity index is 2310. The normalized spacial score (nSPS) is 20.5. The van der Waals surface area contributed by atoms with Gasteiger partial charge in [0.05, 0.1) is 43.6 Å². The van der Waals surface area contributed by atoms with Crippen LogP contribution in [-0.4, -0.2) is 109 Å². The Labute approximate surface area is 302 Å². The number of hydrogen-bond acceptors (Lipinski definition) is 10. The van der Waals surface area contributed by atoms with Crippen LogP contribution in [0.1, 0.15) is 58.0 Å². The number of carbonyl (C=O) groups is 4. The highest BCUT2D eigenvalue weighted by atomic mass is 19.1. The Balaban J connectivity index is 0.800. The summed E-state index contributed by atoms with van der Waals surface area (Å²) in [4.78, 5) is 60.2. The zero-order valence-corrected chi connectivity index (χ0v) is 29.0. The Morgan fingerprint density at radius 1 is 1.11 bits per heavy atom. The van der Waals surface area contributed by atoms with Crippen LogP contribution in [0, 0.1) is 0 Å². The lowest BCUT2D eigenvalue weighted by Gasteiger charge is -2.48. The van der Waals surface area contributed by atoms with Crippen LogP contribution < -0.4 is 20.3 Å². The van der Waals surface area contributed by atoms with Gasteiger partial charge in [0.15, 0.2) is 11.3 Å². The number of benzene rings is 2. The van der Waals surface area contributed by atoms with Gasteiger partial charge in [-0.2, -0.15) is 10.2 Å². The predicted molar refractivity (Wildman–Crippen MR) is 190 cm³/mol. The van der Waals surface area contributed by atoms with E-state index in [2.05, 4.69) is 25.6 Å². The molecule has 1 atom stereocenters. The number of hydrogen-bond donors (Lipinski definition) is 2. The molecule has 16 heteroatoms. The molecular weight excluding hydrogens is 683 g/mol. The first kappa shape index (κ1) is 33.0. The number of ether oxygens (including phenoxy) is 1. The quantitative estimate of drug-likeness (QED) is 0.228. The summed E-state index contributed by atoms with van der Waals surface area (Å²) in [6, 6.07) is 10.4. The van der Waals surface area contributed by atoms with Gasteiger partial charge in [-0.3, -0.25) is 34.1 Å². The zero-order valence-electron chi connectivity index (χ0n) is 29.0. The predicted octanol–water partition coefficient (Wildman–Crippen LogP) is 2.97. The number of rotatable bonds is 8. The highest BCUT2D eigenvalue weighted by Gasteiger charge is 2.46. The summed E-state index contributed by atoms with van der Waals surface area (Å²) in [6.07, 6.45) is 8.96. The summed E-state index contributed by atoms with van der Waals surface area (Å²) in [6.45, 7) is 2.62. The first-order valence-electron chi connectivity index (χ1n) is 17.8.